The summed E-state index contributed by atoms with van der Waals surface area (Å²) < 4.78 is 0.957. The van der Waals surface area contributed by atoms with Crippen LogP contribution < -0.4 is 0 Å². The molecule has 17 heavy (non-hydrogen) atoms. The first-order valence-corrected chi connectivity index (χ1v) is 5.69. The average Bonchev–Trinajstić information content (AvgIpc) is 2.30. The number of benzene rings is 2. The third-order valence-corrected chi connectivity index (χ3v) is 2.93. The Morgan fingerprint density at radius 3 is 2.18 bits per heavy atom. The molecule has 0 fully saturated rings. The van der Waals surface area contributed by atoms with Gasteiger partial charge in [-0.05, 0) is 35.4 Å². The van der Waals surface area contributed by atoms with Crippen LogP contribution in [0.15, 0.2) is 46.9 Å². The topological polar surface area (TPSA) is 57.5 Å². The lowest BCUT2D eigenvalue weighted by Crippen LogP contribution is -1.96. The number of hydrogen-bond donors (Lipinski definition) is 2. The molecule has 0 saturated carbocycles. The molecule has 0 aromatic heterocycles. The minimum atomic E-state index is -1.14. The summed E-state index contributed by atoms with van der Waals surface area (Å²) in [6.07, 6.45) is 0. The summed E-state index contributed by atoms with van der Waals surface area (Å²) in [6.45, 7) is 0. The van der Waals surface area contributed by atoms with Crippen LogP contribution in [-0.4, -0.2) is 16.2 Å². The highest BCUT2D eigenvalue weighted by Crippen LogP contribution is 2.26. The smallest absolute Gasteiger partial charge is 0.339 e. The monoisotopic (exact) mass is 292 g/mol. The van der Waals surface area contributed by atoms with Gasteiger partial charge in [-0.3, -0.25) is 0 Å². The van der Waals surface area contributed by atoms with E-state index in [1.165, 1.54) is 12.1 Å². The van der Waals surface area contributed by atoms with Crippen LogP contribution in [0.25, 0.3) is 11.1 Å². The lowest BCUT2D eigenvalue weighted by Gasteiger charge is -2.05. The van der Waals surface area contributed by atoms with E-state index in [2.05, 4.69) is 15.9 Å². The third kappa shape index (κ3) is 2.47. The van der Waals surface area contributed by atoms with Crippen molar-refractivity contribution in [3.8, 4) is 16.9 Å². The van der Waals surface area contributed by atoms with Crippen molar-refractivity contribution < 1.29 is 15.0 Å². The van der Waals surface area contributed by atoms with Crippen molar-refractivity contribution in [2.24, 2.45) is 0 Å². The van der Waals surface area contributed by atoms with Gasteiger partial charge in [-0.15, -0.1) is 0 Å². The Morgan fingerprint density at radius 1 is 1.00 bits per heavy atom. The second kappa shape index (κ2) is 4.59. The van der Waals surface area contributed by atoms with E-state index in [1.54, 1.807) is 6.07 Å². The van der Waals surface area contributed by atoms with Crippen LogP contribution in [0, 0.1) is 0 Å². The number of carboxylic acid groups (broad SMARTS) is 1. The zero-order chi connectivity index (χ0) is 12.4. The predicted octanol–water partition coefficient (Wildman–Crippen LogP) is 3.52. The maximum Gasteiger partial charge on any atom is 0.339 e. The Bertz CT molecular complexity index is 561. The minimum absolute atomic E-state index is 0.0922. The highest BCUT2D eigenvalue weighted by Gasteiger charge is 2.10. The van der Waals surface area contributed by atoms with Gasteiger partial charge in [0.05, 0.1) is 0 Å². The van der Waals surface area contributed by atoms with E-state index in [1.807, 2.05) is 24.3 Å². The maximum atomic E-state index is 10.9. The zero-order valence-electron chi connectivity index (χ0n) is 8.72. The fraction of sp³-hybridized carbons (Fsp3) is 0. The second-order valence-electron chi connectivity index (χ2n) is 3.54. The van der Waals surface area contributed by atoms with E-state index in [9.17, 15) is 9.90 Å². The summed E-state index contributed by atoms with van der Waals surface area (Å²) in [7, 11) is 0. The average molecular weight is 293 g/mol. The standard InChI is InChI=1S/C13H9BrO3/c14-10-4-1-8(2-5-10)9-3-6-12(15)11(7-9)13(16)17/h1-7,15H,(H,16,17). The molecule has 4 heteroatoms. The van der Waals surface area contributed by atoms with Gasteiger partial charge < -0.3 is 10.2 Å². The van der Waals surface area contributed by atoms with Crippen LogP contribution >= 0.6 is 15.9 Å². The molecule has 0 unspecified atom stereocenters. The van der Waals surface area contributed by atoms with E-state index >= 15 is 0 Å². The van der Waals surface area contributed by atoms with Crippen LogP contribution in [-0.2, 0) is 0 Å². The van der Waals surface area contributed by atoms with Crippen LogP contribution in [0.1, 0.15) is 10.4 Å². The first kappa shape index (κ1) is 11.7. The number of halogens is 1. The SMILES string of the molecule is O=C(O)c1cc(-c2ccc(Br)cc2)ccc1O. The van der Waals surface area contributed by atoms with E-state index < -0.39 is 5.97 Å². The lowest BCUT2D eigenvalue weighted by atomic mass is 10.0. The number of hydrogen-bond acceptors (Lipinski definition) is 2. The molecule has 0 amide bonds. The molecule has 0 radical (unpaired) electrons. The van der Waals surface area contributed by atoms with E-state index in [0.717, 1.165) is 15.6 Å². The molecule has 0 saturated heterocycles. The van der Waals surface area contributed by atoms with Gasteiger partial charge in [-0.1, -0.05) is 34.1 Å². The van der Waals surface area contributed by atoms with Gasteiger partial charge in [-0.2, -0.15) is 0 Å². The molecule has 2 aromatic carbocycles. The fourth-order valence-corrected chi connectivity index (χ4v) is 1.79. The lowest BCUT2D eigenvalue weighted by molar-refractivity contribution is 0.0694. The molecule has 0 aliphatic rings. The first-order valence-electron chi connectivity index (χ1n) is 4.90. The summed E-state index contributed by atoms with van der Waals surface area (Å²) in [4.78, 5) is 10.9. The van der Waals surface area contributed by atoms with Gasteiger partial charge in [0.2, 0.25) is 0 Å². The molecule has 0 spiro atoms. The Morgan fingerprint density at radius 2 is 1.59 bits per heavy atom. The van der Waals surface area contributed by atoms with Crippen molar-refractivity contribution in [3.63, 3.8) is 0 Å². The van der Waals surface area contributed by atoms with Crippen LogP contribution in [0.3, 0.4) is 0 Å². The summed E-state index contributed by atoms with van der Waals surface area (Å²) in [6, 6.07) is 12.0. The molecular formula is C13H9BrO3. The van der Waals surface area contributed by atoms with Gasteiger partial charge >= 0.3 is 5.97 Å². The highest BCUT2D eigenvalue weighted by atomic mass is 79.9. The molecule has 0 bridgehead atoms. The molecule has 0 atom stereocenters. The molecule has 0 aliphatic carbocycles. The largest absolute Gasteiger partial charge is 0.507 e. The summed E-state index contributed by atoms with van der Waals surface area (Å²) >= 11 is 3.33. The van der Waals surface area contributed by atoms with Crippen molar-refractivity contribution >= 4 is 21.9 Å². The molecule has 0 aliphatic heterocycles. The maximum absolute atomic E-state index is 10.9. The van der Waals surface area contributed by atoms with Crippen molar-refractivity contribution in [1.82, 2.24) is 0 Å². The summed E-state index contributed by atoms with van der Waals surface area (Å²) in [5.74, 6) is -1.36. The van der Waals surface area contributed by atoms with E-state index in [0.29, 0.717) is 0 Å². The Labute approximate surface area is 106 Å². The van der Waals surface area contributed by atoms with Crippen LogP contribution in [0.2, 0.25) is 0 Å². The van der Waals surface area contributed by atoms with E-state index in [-0.39, 0.29) is 11.3 Å². The number of rotatable bonds is 2. The third-order valence-electron chi connectivity index (χ3n) is 2.40. The van der Waals surface area contributed by atoms with Crippen LogP contribution in [0.5, 0.6) is 5.75 Å². The number of aromatic carboxylic acids is 1. The summed E-state index contributed by atoms with van der Waals surface area (Å²) in [5.41, 5.74) is 1.56. The number of phenols is 1. The predicted molar refractivity (Wildman–Crippen MR) is 68.2 cm³/mol. The molecule has 2 N–H and O–H groups in total. The Kier molecular flexibility index (Phi) is 3.15. The Hall–Kier alpha value is -1.81. The molecule has 86 valence electrons. The molecule has 0 heterocycles. The van der Waals surface area contributed by atoms with Crippen molar-refractivity contribution in [3.05, 3.63) is 52.5 Å². The molecular weight excluding hydrogens is 284 g/mol. The normalized spacial score (nSPS) is 10.2. The first-order chi connectivity index (χ1) is 8.08. The van der Waals surface area contributed by atoms with Gasteiger partial charge in [0.1, 0.15) is 11.3 Å². The number of aromatic hydroxyl groups is 1. The van der Waals surface area contributed by atoms with Gasteiger partial charge in [0, 0.05) is 4.47 Å². The van der Waals surface area contributed by atoms with Gasteiger partial charge in [0.15, 0.2) is 0 Å². The molecule has 2 rings (SSSR count). The second-order valence-corrected chi connectivity index (χ2v) is 4.46. The zero-order valence-corrected chi connectivity index (χ0v) is 10.3. The van der Waals surface area contributed by atoms with Crippen molar-refractivity contribution in [2.75, 3.05) is 0 Å². The van der Waals surface area contributed by atoms with Crippen molar-refractivity contribution in [2.45, 2.75) is 0 Å². The Balaban J connectivity index is 2.50. The quantitative estimate of drug-likeness (QED) is 0.890. The summed E-state index contributed by atoms with van der Waals surface area (Å²) in [5, 5.41) is 18.3. The van der Waals surface area contributed by atoms with Gasteiger partial charge in [-0.25, -0.2) is 4.79 Å². The fourth-order valence-electron chi connectivity index (χ4n) is 1.53. The number of carbonyl (C=O) groups is 1. The number of carboxylic acids is 1. The minimum Gasteiger partial charge on any atom is -0.507 e. The van der Waals surface area contributed by atoms with Crippen molar-refractivity contribution in [1.29, 1.82) is 0 Å². The molecule has 3 nitrogen and oxygen atoms in total. The molecule has 2 aromatic rings. The van der Waals surface area contributed by atoms with Gasteiger partial charge in [0.25, 0.3) is 0 Å². The van der Waals surface area contributed by atoms with E-state index in [4.69, 9.17) is 5.11 Å². The highest BCUT2D eigenvalue weighted by molar-refractivity contribution is 9.10. The van der Waals surface area contributed by atoms with Crippen LogP contribution in [0.4, 0.5) is 0 Å².